The van der Waals surface area contributed by atoms with E-state index in [0.717, 1.165) is 0 Å². The fourth-order valence-corrected chi connectivity index (χ4v) is 6.41. The first-order valence-corrected chi connectivity index (χ1v) is 13.0. The Bertz CT molecular complexity index is 1350. The number of allylic oxidation sites excluding steroid dienone is 1. The van der Waals surface area contributed by atoms with Crippen molar-refractivity contribution >= 4 is 23.2 Å². The molecular formula is C28H37FN4O7. The van der Waals surface area contributed by atoms with E-state index in [1.165, 1.54) is 4.90 Å². The van der Waals surface area contributed by atoms with Crippen molar-refractivity contribution in [1.82, 2.24) is 9.80 Å². The van der Waals surface area contributed by atoms with Gasteiger partial charge in [-0.15, -0.1) is 0 Å². The zero-order valence-corrected chi connectivity index (χ0v) is 23.5. The lowest BCUT2D eigenvalue weighted by atomic mass is 9.58. The molecule has 1 aromatic carbocycles. The fourth-order valence-electron chi connectivity index (χ4n) is 6.41. The summed E-state index contributed by atoms with van der Waals surface area (Å²) in [5.74, 6) is -6.91. The van der Waals surface area contributed by atoms with Crippen LogP contribution in [0.5, 0.6) is 5.75 Å². The van der Waals surface area contributed by atoms with Gasteiger partial charge in [-0.05, 0) is 58.5 Å². The molecule has 3 aliphatic rings. The number of rotatable bonds is 7. The van der Waals surface area contributed by atoms with Crippen LogP contribution in [0.2, 0.25) is 0 Å². The van der Waals surface area contributed by atoms with E-state index < -0.39 is 70.8 Å². The number of benzene rings is 1. The Labute approximate surface area is 232 Å². The molecule has 0 saturated carbocycles. The summed E-state index contributed by atoms with van der Waals surface area (Å²) in [6.45, 7) is 1.21. The lowest BCUT2D eigenvalue weighted by Gasteiger charge is -2.50. The molecule has 3 aliphatic carbocycles. The summed E-state index contributed by atoms with van der Waals surface area (Å²) < 4.78 is 13.3. The van der Waals surface area contributed by atoms with Gasteiger partial charge in [-0.2, -0.15) is 0 Å². The van der Waals surface area contributed by atoms with Gasteiger partial charge in [0.1, 0.15) is 29.5 Å². The van der Waals surface area contributed by atoms with Crippen molar-refractivity contribution in [3.8, 4) is 5.75 Å². The monoisotopic (exact) mass is 560 g/mol. The number of aliphatic hydroxyl groups is 3. The minimum Gasteiger partial charge on any atom is -0.510 e. The number of aliphatic hydroxyl groups excluding tert-OH is 2. The number of amides is 1. The highest BCUT2D eigenvalue weighted by Crippen LogP contribution is 2.53. The molecule has 0 fully saturated rings. The Kier molecular flexibility index (Phi) is 7.50. The van der Waals surface area contributed by atoms with Crippen LogP contribution in [-0.4, -0.2) is 107 Å². The highest BCUT2D eigenvalue weighted by Gasteiger charge is 2.63. The van der Waals surface area contributed by atoms with Crippen LogP contribution in [0.15, 0.2) is 28.7 Å². The molecule has 4 rings (SSSR count). The average molecular weight is 561 g/mol. The number of carbonyl (C=O) groups excluding carboxylic acids is 3. The number of alkyl halides is 1. The first-order chi connectivity index (χ1) is 18.6. The van der Waals surface area contributed by atoms with Crippen molar-refractivity contribution in [2.45, 2.75) is 44.0 Å². The predicted octanol–water partition coefficient (Wildman–Crippen LogP) is 0.976. The van der Waals surface area contributed by atoms with E-state index in [2.05, 4.69) is 0 Å². The molecule has 12 heteroatoms. The highest BCUT2D eigenvalue weighted by atomic mass is 19.1. The molecule has 0 saturated heterocycles. The molecule has 1 amide bonds. The summed E-state index contributed by atoms with van der Waals surface area (Å²) in [7, 11) is 8.42. The Morgan fingerprint density at radius 2 is 1.80 bits per heavy atom. The summed E-state index contributed by atoms with van der Waals surface area (Å²) >= 11 is 0. The summed E-state index contributed by atoms with van der Waals surface area (Å²) in [5.41, 5.74) is 3.10. The minimum atomic E-state index is -2.70. The molecule has 1 unspecified atom stereocenters. The van der Waals surface area contributed by atoms with Gasteiger partial charge in [-0.3, -0.25) is 24.2 Å². The number of phenols is 1. The first-order valence-electron chi connectivity index (χ1n) is 13.0. The largest absolute Gasteiger partial charge is 0.510 e. The number of hydrogen-bond donors (Lipinski definition) is 5. The fraction of sp³-hybridized carbons (Fsp3) is 0.536. The van der Waals surface area contributed by atoms with Crippen LogP contribution in [0, 0.1) is 11.8 Å². The average Bonchev–Trinajstić information content (AvgIpc) is 2.86. The van der Waals surface area contributed by atoms with Crippen molar-refractivity contribution < 1.29 is 39.2 Å². The molecule has 0 radical (unpaired) electrons. The number of hydrogen-bond acceptors (Lipinski definition) is 10. The summed E-state index contributed by atoms with van der Waals surface area (Å²) in [6.07, 6.45) is 0.199. The summed E-state index contributed by atoms with van der Waals surface area (Å²) in [5, 5.41) is 45.4. The number of phenolic OH excluding ortho intramolecular Hbond substituents is 1. The number of anilines is 1. The Morgan fingerprint density at radius 1 is 1.18 bits per heavy atom. The third kappa shape index (κ3) is 4.16. The molecule has 218 valence electrons. The predicted molar refractivity (Wildman–Crippen MR) is 145 cm³/mol. The van der Waals surface area contributed by atoms with Gasteiger partial charge in [0.05, 0.1) is 11.6 Å². The minimum absolute atomic E-state index is 0.0118. The maximum atomic E-state index is 14.0. The standard InChI is InChI=1S/C28H37FN4O7/c1-12(10-29)33(6)11-14-9-17(31(2)3)15-7-13-8-16-21(32(4)5)24(36)20(27(30)39)26(38)28(16,40)25(37)18(13)23(35)19(15)22(14)34/h9,12-13,16,21,34,36-37,40H,7-8,10-11H2,1-6H3,(H2,30,39)/t12?,13-,16-,21-,28-/m0/s1. The summed E-state index contributed by atoms with van der Waals surface area (Å²) in [6, 6.07) is 0.250. The molecule has 1 aromatic rings. The number of halogens is 1. The maximum Gasteiger partial charge on any atom is 0.255 e. The Morgan fingerprint density at radius 3 is 2.33 bits per heavy atom. The maximum absolute atomic E-state index is 14.0. The van der Waals surface area contributed by atoms with E-state index in [-0.39, 0.29) is 36.3 Å². The smallest absolute Gasteiger partial charge is 0.255 e. The number of ketones is 2. The topological polar surface area (TPSA) is 168 Å². The summed E-state index contributed by atoms with van der Waals surface area (Å²) in [4.78, 5) is 44.6. The normalized spacial score (nSPS) is 27.1. The number of nitrogens with zero attached hydrogens (tertiary/aromatic N) is 3. The third-order valence-electron chi connectivity index (χ3n) is 8.66. The van der Waals surface area contributed by atoms with E-state index in [4.69, 9.17) is 5.73 Å². The number of Topliss-reactive ketones (excluding diaryl/α,β-unsaturated/α-hetero) is 2. The van der Waals surface area contributed by atoms with Crippen molar-refractivity contribution in [1.29, 1.82) is 0 Å². The van der Waals surface area contributed by atoms with Crippen molar-refractivity contribution in [3.63, 3.8) is 0 Å². The number of aromatic hydroxyl groups is 1. The van der Waals surface area contributed by atoms with Crippen LogP contribution in [-0.2, 0) is 22.6 Å². The highest BCUT2D eigenvalue weighted by molar-refractivity contribution is 6.24. The van der Waals surface area contributed by atoms with E-state index >= 15 is 0 Å². The zero-order valence-electron chi connectivity index (χ0n) is 23.5. The van der Waals surface area contributed by atoms with E-state index in [9.17, 15) is 39.2 Å². The molecular weight excluding hydrogens is 523 g/mol. The van der Waals surface area contributed by atoms with Crippen LogP contribution in [0.4, 0.5) is 10.1 Å². The lowest BCUT2D eigenvalue weighted by Crippen LogP contribution is -2.63. The van der Waals surface area contributed by atoms with Gasteiger partial charge in [0.2, 0.25) is 5.78 Å². The molecule has 0 aromatic heterocycles. The Balaban J connectivity index is 1.94. The number of carbonyl (C=O) groups is 3. The lowest BCUT2D eigenvalue weighted by molar-refractivity contribution is -0.148. The molecule has 40 heavy (non-hydrogen) atoms. The van der Waals surface area contributed by atoms with E-state index in [1.54, 1.807) is 58.0 Å². The first kappa shape index (κ1) is 29.5. The van der Waals surface area contributed by atoms with Crippen molar-refractivity contribution in [3.05, 3.63) is 45.4 Å². The van der Waals surface area contributed by atoms with Gasteiger partial charge < -0.3 is 31.1 Å². The second kappa shape index (κ2) is 10.2. The zero-order chi connectivity index (χ0) is 30.0. The molecule has 6 N–H and O–H groups in total. The van der Waals surface area contributed by atoms with Gasteiger partial charge in [-0.25, -0.2) is 4.39 Å². The van der Waals surface area contributed by atoms with E-state index in [1.807, 2.05) is 0 Å². The number of primary amides is 1. The number of likely N-dealkylation sites (N-methyl/N-ethyl adjacent to an activating group) is 1. The quantitative estimate of drug-likeness (QED) is 0.303. The van der Waals surface area contributed by atoms with E-state index in [0.29, 0.717) is 16.8 Å². The van der Waals surface area contributed by atoms with Crippen LogP contribution in [0.25, 0.3) is 0 Å². The van der Waals surface area contributed by atoms with Crippen molar-refractivity contribution in [2.75, 3.05) is 46.8 Å². The molecule has 0 aliphatic heterocycles. The number of fused-ring (bicyclic) bond motifs is 3. The van der Waals surface area contributed by atoms with Gasteiger partial charge in [0.25, 0.3) is 5.91 Å². The molecule has 0 spiro atoms. The molecule has 0 heterocycles. The van der Waals surface area contributed by atoms with Crippen LogP contribution >= 0.6 is 0 Å². The second-order valence-corrected chi connectivity index (χ2v) is 11.5. The number of nitrogens with two attached hydrogens (primary N) is 1. The van der Waals surface area contributed by atoms with Gasteiger partial charge in [0.15, 0.2) is 11.4 Å². The molecule has 0 bridgehead atoms. The van der Waals surface area contributed by atoms with Gasteiger partial charge >= 0.3 is 0 Å². The van der Waals surface area contributed by atoms with Crippen LogP contribution in [0.3, 0.4) is 0 Å². The molecule has 11 nitrogen and oxygen atoms in total. The Hall–Kier alpha value is -3.48. The SMILES string of the molecule is CC(CF)N(C)Cc1cc(N(C)C)c2c(c1O)C(=O)C1=C(O)[C@]3(O)C(=O)C(C(N)=O)=C(O)[C@@H](N(C)C)[C@@H]3C[C@@H]1C2. The van der Waals surface area contributed by atoms with Crippen LogP contribution < -0.4 is 10.6 Å². The second-order valence-electron chi connectivity index (χ2n) is 11.5. The van der Waals surface area contributed by atoms with Gasteiger partial charge in [0, 0.05) is 49.4 Å². The third-order valence-corrected chi connectivity index (χ3v) is 8.66. The van der Waals surface area contributed by atoms with Gasteiger partial charge in [-0.1, -0.05) is 0 Å². The van der Waals surface area contributed by atoms with Crippen LogP contribution in [0.1, 0.15) is 34.8 Å². The molecule has 5 atom stereocenters. The van der Waals surface area contributed by atoms with Crippen molar-refractivity contribution in [2.24, 2.45) is 17.6 Å².